The number of benzene rings is 1. The van der Waals surface area contributed by atoms with E-state index >= 15 is 0 Å². The molecule has 0 heterocycles. The SMILES string of the molecule is CCCC(CN)C(=O)Nc1ccc(OC2CCCC2)cc1. The molecule has 0 bridgehead atoms. The number of rotatable bonds is 7. The van der Waals surface area contributed by atoms with E-state index in [1.165, 1.54) is 12.8 Å². The normalized spacial score (nSPS) is 16.7. The molecule has 0 aromatic heterocycles. The van der Waals surface area contributed by atoms with Gasteiger partial charge in [0.2, 0.25) is 5.91 Å². The second-order valence-electron chi connectivity index (χ2n) is 5.76. The number of carbonyl (C=O) groups is 1. The van der Waals surface area contributed by atoms with Gasteiger partial charge in [0.15, 0.2) is 0 Å². The molecular weight excluding hydrogens is 264 g/mol. The van der Waals surface area contributed by atoms with Gasteiger partial charge in [-0.1, -0.05) is 13.3 Å². The first-order valence-electron chi connectivity index (χ1n) is 8.00. The number of nitrogens with one attached hydrogen (secondary N) is 1. The van der Waals surface area contributed by atoms with Crippen LogP contribution in [0.4, 0.5) is 5.69 Å². The van der Waals surface area contributed by atoms with E-state index in [0.29, 0.717) is 12.6 Å². The van der Waals surface area contributed by atoms with Gasteiger partial charge in [-0.15, -0.1) is 0 Å². The highest BCUT2D eigenvalue weighted by atomic mass is 16.5. The Labute approximate surface area is 127 Å². The van der Waals surface area contributed by atoms with Crippen LogP contribution in [0.1, 0.15) is 45.4 Å². The number of amides is 1. The smallest absolute Gasteiger partial charge is 0.228 e. The molecule has 1 aliphatic rings. The third-order valence-electron chi connectivity index (χ3n) is 4.02. The second-order valence-corrected chi connectivity index (χ2v) is 5.76. The van der Waals surface area contributed by atoms with Gasteiger partial charge in [-0.25, -0.2) is 0 Å². The van der Waals surface area contributed by atoms with Crippen molar-refractivity contribution in [3.63, 3.8) is 0 Å². The van der Waals surface area contributed by atoms with Crippen molar-refractivity contribution in [3.8, 4) is 5.75 Å². The molecule has 3 N–H and O–H groups in total. The first-order valence-corrected chi connectivity index (χ1v) is 8.00. The third kappa shape index (κ3) is 4.74. The van der Waals surface area contributed by atoms with Crippen LogP contribution < -0.4 is 15.8 Å². The van der Waals surface area contributed by atoms with E-state index in [0.717, 1.165) is 37.1 Å². The molecule has 116 valence electrons. The van der Waals surface area contributed by atoms with Gasteiger partial charge in [-0.2, -0.15) is 0 Å². The van der Waals surface area contributed by atoms with Gasteiger partial charge in [0.1, 0.15) is 5.75 Å². The van der Waals surface area contributed by atoms with E-state index < -0.39 is 0 Å². The van der Waals surface area contributed by atoms with E-state index in [-0.39, 0.29) is 11.8 Å². The summed E-state index contributed by atoms with van der Waals surface area (Å²) in [6, 6.07) is 7.62. The molecule has 4 nitrogen and oxygen atoms in total. The van der Waals surface area contributed by atoms with Gasteiger partial charge in [0.05, 0.1) is 12.0 Å². The molecule has 21 heavy (non-hydrogen) atoms. The summed E-state index contributed by atoms with van der Waals surface area (Å²) in [5.74, 6) is 0.775. The molecular formula is C17H26N2O2. The number of hydrogen-bond donors (Lipinski definition) is 2. The molecule has 2 rings (SSSR count). The van der Waals surface area contributed by atoms with E-state index in [1.807, 2.05) is 24.3 Å². The average Bonchev–Trinajstić information content (AvgIpc) is 2.99. The zero-order chi connectivity index (χ0) is 15.1. The van der Waals surface area contributed by atoms with Crippen molar-refractivity contribution in [2.75, 3.05) is 11.9 Å². The highest BCUT2D eigenvalue weighted by Gasteiger charge is 2.17. The fourth-order valence-corrected chi connectivity index (χ4v) is 2.76. The summed E-state index contributed by atoms with van der Waals surface area (Å²) in [5, 5.41) is 2.92. The lowest BCUT2D eigenvalue weighted by molar-refractivity contribution is -0.119. The third-order valence-corrected chi connectivity index (χ3v) is 4.02. The largest absolute Gasteiger partial charge is 0.490 e. The number of carbonyl (C=O) groups excluding carboxylic acids is 1. The fourth-order valence-electron chi connectivity index (χ4n) is 2.76. The monoisotopic (exact) mass is 290 g/mol. The number of anilines is 1. The molecule has 1 amide bonds. The molecule has 0 saturated heterocycles. The lowest BCUT2D eigenvalue weighted by Crippen LogP contribution is -2.29. The predicted octanol–water partition coefficient (Wildman–Crippen LogP) is 3.32. The van der Waals surface area contributed by atoms with Crippen molar-refractivity contribution in [2.24, 2.45) is 11.7 Å². The molecule has 1 saturated carbocycles. The molecule has 1 unspecified atom stereocenters. The van der Waals surface area contributed by atoms with Crippen LogP contribution in [0.25, 0.3) is 0 Å². The van der Waals surface area contributed by atoms with Crippen LogP contribution in [-0.4, -0.2) is 18.6 Å². The summed E-state index contributed by atoms with van der Waals surface area (Å²) in [7, 11) is 0. The predicted molar refractivity (Wildman–Crippen MR) is 85.4 cm³/mol. The van der Waals surface area contributed by atoms with Crippen LogP contribution in [0.2, 0.25) is 0 Å². The maximum absolute atomic E-state index is 12.1. The highest BCUT2D eigenvalue weighted by Crippen LogP contribution is 2.25. The molecule has 0 aliphatic heterocycles. The van der Waals surface area contributed by atoms with Crippen molar-refractivity contribution in [2.45, 2.75) is 51.6 Å². The van der Waals surface area contributed by atoms with Crippen LogP contribution in [-0.2, 0) is 4.79 Å². The van der Waals surface area contributed by atoms with Gasteiger partial charge in [-0.3, -0.25) is 4.79 Å². The first kappa shape index (κ1) is 15.8. The molecule has 1 aromatic rings. The van der Waals surface area contributed by atoms with E-state index in [9.17, 15) is 4.79 Å². The average molecular weight is 290 g/mol. The summed E-state index contributed by atoms with van der Waals surface area (Å²) in [6.45, 7) is 2.45. The van der Waals surface area contributed by atoms with E-state index in [4.69, 9.17) is 10.5 Å². The summed E-state index contributed by atoms with van der Waals surface area (Å²) in [5.41, 5.74) is 6.45. The number of nitrogens with two attached hydrogens (primary N) is 1. The molecule has 0 radical (unpaired) electrons. The van der Waals surface area contributed by atoms with Crippen LogP contribution in [0.15, 0.2) is 24.3 Å². The second kappa shape index (κ2) is 8.03. The molecule has 1 atom stereocenters. The molecule has 1 aromatic carbocycles. The van der Waals surface area contributed by atoms with Crippen molar-refractivity contribution >= 4 is 11.6 Å². The van der Waals surface area contributed by atoms with Crippen LogP contribution in [0, 0.1) is 5.92 Å². The minimum atomic E-state index is -0.107. The van der Waals surface area contributed by atoms with E-state index in [2.05, 4.69) is 12.2 Å². The van der Waals surface area contributed by atoms with Crippen molar-refractivity contribution in [3.05, 3.63) is 24.3 Å². The lowest BCUT2D eigenvalue weighted by atomic mass is 10.0. The maximum Gasteiger partial charge on any atom is 0.228 e. The van der Waals surface area contributed by atoms with Gasteiger partial charge in [-0.05, 0) is 56.4 Å². The lowest BCUT2D eigenvalue weighted by Gasteiger charge is -2.15. The summed E-state index contributed by atoms with van der Waals surface area (Å²) in [6.07, 6.45) is 6.96. The molecule has 1 fully saturated rings. The molecule has 1 aliphatic carbocycles. The van der Waals surface area contributed by atoms with Gasteiger partial charge in [0.25, 0.3) is 0 Å². The molecule has 4 heteroatoms. The topological polar surface area (TPSA) is 64.4 Å². The Bertz CT molecular complexity index is 439. The van der Waals surface area contributed by atoms with Crippen molar-refractivity contribution in [1.29, 1.82) is 0 Å². The summed E-state index contributed by atoms with van der Waals surface area (Å²) >= 11 is 0. The zero-order valence-electron chi connectivity index (χ0n) is 12.8. The van der Waals surface area contributed by atoms with Crippen molar-refractivity contribution < 1.29 is 9.53 Å². The minimum absolute atomic E-state index is 0.00353. The Kier molecular flexibility index (Phi) is 6.05. The van der Waals surface area contributed by atoms with Gasteiger partial charge >= 0.3 is 0 Å². The maximum atomic E-state index is 12.1. The van der Waals surface area contributed by atoms with Gasteiger partial charge in [0, 0.05) is 12.2 Å². The van der Waals surface area contributed by atoms with Gasteiger partial charge < -0.3 is 15.8 Å². The Morgan fingerprint density at radius 3 is 2.57 bits per heavy atom. The standard InChI is InChI=1S/C17H26N2O2/c1-2-5-13(12-18)17(20)19-14-8-10-16(11-9-14)21-15-6-3-4-7-15/h8-11,13,15H,2-7,12,18H2,1H3,(H,19,20). The summed E-state index contributed by atoms with van der Waals surface area (Å²) in [4.78, 5) is 12.1. The molecule has 0 spiro atoms. The quantitative estimate of drug-likeness (QED) is 0.809. The fraction of sp³-hybridized carbons (Fsp3) is 0.588. The van der Waals surface area contributed by atoms with Crippen LogP contribution in [0.5, 0.6) is 5.75 Å². The highest BCUT2D eigenvalue weighted by molar-refractivity contribution is 5.92. The van der Waals surface area contributed by atoms with Crippen molar-refractivity contribution in [1.82, 2.24) is 0 Å². The first-order chi connectivity index (χ1) is 10.2. The van der Waals surface area contributed by atoms with Crippen LogP contribution >= 0.6 is 0 Å². The zero-order valence-corrected chi connectivity index (χ0v) is 12.8. The summed E-state index contributed by atoms with van der Waals surface area (Å²) < 4.78 is 5.91. The number of hydrogen-bond acceptors (Lipinski definition) is 3. The number of ether oxygens (including phenoxy) is 1. The van der Waals surface area contributed by atoms with Crippen LogP contribution in [0.3, 0.4) is 0 Å². The Morgan fingerprint density at radius 1 is 1.33 bits per heavy atom. The Hall–Kier alpha value is -1.55. The Balaban J connectivity index is 1.87. The van der Waals surface area contributed by atoms with E-state index in [1.54, 1.807) is 0 Å². The minimum Gasteiger partial charge on any atom is -0.490 e. The Morgan fingerprint density at radius 2 is 2.00 bits per heavy atom.